The Morgan fingerprint density at radius 2 is 2.18 bits per heavy atom. The van der Waals surface area contributed by atoms with Gasteiger partial charge >= 0.3 is 0 Å². The summed E-state index contributed by atoms with van der Waals surface area (Å²) in [4.78, 5) is 4.22. The summed E-state index contributed by atoms with van der Waals surface area (Å²) < 4.78 is 0. The Labute approximate surface area is 103 Å². The highest BCUT2D eigenvalue weighted by molar-refractivity contribution is 7.13. The van der Waals surface area contributed by atoms with Crippen molar-refractivity contribution in [1.29, 1.82) is 5.26 Å². The lowest BCUT2D eigenvalue weighted by molar-refractivity contribution is 1.22. The van der Waals surface area contributed by atoms with Crippen molar-refractivity contribution in [3.63, 3.8) is 0 Å². The van der Waals surface area contributed by atoms with Crippen LogP contribution in [-0.4, -0.2) is 11.2 Å². The van der Waals surface area contributed by atoms with Crippen molar-refractivity contribution in [3.8, 4) is 6.07 Å². The van der Waals surface area contributed by atoms with Crippen molar-refractivity contribution >= 4 is 22.7 Å². The number of hydrogen-bond acceptors (Lipinski definition) is 5. The highest BCUT2D eigenvalue weighted by Gasteiger charge is 1.94. The van der Waals surface area contributed by atoms with Gasteiger partial charge in [-0.25, -0.2) is 4.98 Å². The molecule has 84 valence electrons. The molecule has 1 aromatic heterocycles. The van der Waals surface area contributed by atoms with Crippen LogP contribution in [0.5, 0.6) is 0 Å². The van der Waals surface area contributed by atoms with E-state index >= 15 is 0 Å². The summed E-state index contributed by atoms with van der Waals surface area (Å²) >= 11 is 1.51. The van der Waals surface area contributed by atoms with Crippen LogP contribution in [0.15, 0.2) is 34.7 Å². The standard InChI is InChI=1S/C12H10N4S/c1-9-8-17-12(15-9)16-14-7-11-4-2-10(6-13)3-5-11/h2-5,7-8H,1H3,(H,15,16). The van der Waals surface area contributed by atoms with Gasteiger partial charge in [-0.1, -0.05) is 12.1 Å². The van der Waals surface area contributed by atoms with Crippen LogP contribution in [0.25, 0.3) is 0 Å². The van der Waals surface area contributed by atoms with Crippen LogP contribution in [0.4, 0.5) is 5.13 Å². The molecule has 0 atom stereocenters. The molecule has 0 fully saturated rings. The van der Waals surface area contributed by atoms with E-state index in [1.54, 1.807) is 18.3 Å². The van der Waals surface area contributed by atoms with E-state index in [0.29, 0.717) is 5.56 Å². The van der Waals surface area contributed by atoms with Gasteiger partial charge in [0.1, 0.15) is 0 Å². The molecule has 5 heteroatoms. The van der Waals surface area contributed by atoms with Gasteiger partial charge in [0.25, 0.3) is 0 Å². The number of hydrogen-bond donors (Lipinski definition) is 1. The first-order valence-electron chi connectivity index (χ1n) is 4.99. The molecule has 0 saturated heterocycles. The van der Waals surface area contributed by atoms with E-state index in [9.17, 15) is 0 Å². The second kappa shape index (κ2) is 5.23. The molecule has 0 aliphatic heterocycles. The van der Waals surface area contributed by atoms with Gasteiger partial charge in [0.2, 0.25) is 5.13 Å². The van der Waals surface area contributed by atoms with Crippen molar-refractivity contribution in [1.82, 2.24) is 4.98 Å². The van der Waals surface area contributed by atoms with E-state index < -0.39 is 0 Å². The summed E-state index contributed by atoms with van der Waals surface area (Å²) in [6.45, 7) is 1.94. The van der Waals surface area contributed by atoms with Gasteiger partial charge in [0.15, 0.2) is 0 Å². The maximum atomic E-state index is 8.65. The number of benzene rings is 1. The summed E-state index contributed by atoms with van der Waals surface area (Å²) in [5.74, 6) is 0. The van der Waals surface area contributed by atoms with Gasteiger partial charge in [-0.3, -0.25) is 5.43 Å². The lowest BCUT2D eigenvalue weighted by Gasteiger charge is -1.94. The molecular formula is C12H10N4S. The van der Waals surface area contributed by atoms with Crippen molar-refractivity contribution in [2.75, 3.05) is 5.43 Å². The average Bonchev–Trinajstić information content (AvgIpc) is 2.76. The molecule has 1 N–H and O–H groups in total. The van der Waals surface area contributed by atoms with Crippen LogP contribution in [0, 0.1) is 18.3 Å². The number of hydrazone groups is 1. The van der Waals surface area contributed by atoms with E-state index in [1.165, 1.54) is 11.3 Å². The maximum absolute atomic E-state index is 8.65. The van der Waals surface area contributed by atoms with Crippen molar-refractivity contribution in [2.45, 2.75) is 6.92 Å². The van der Waals surface area contributed by atoms with Crippen molar-refractivity contribution in [2.24, 2.45) is 5.10 Å². The third-order valence-electron chi connectivity index (χ3n) is 2.03. The molecule has 1 heterocycles. The largest absolute Gasteiger partial charge is 0.253 e. The zero-order valence-corrected chi connectivity index (χ0v) is 10.0. The van der Waals surface area contributed by atoms with Crippen LogP contribution >= 0.6 is 11.3 Å². The predicted octanol–water partition coefficient (Wildman–Crippen LogP) is 2.77. The molecule has 17 heavy (non-hydrogen) atoms. The minimum atomic E-state index is 0.644. The lowest BCUT2D eigenvalue weighted by Crippen LogP contribution is -1.90. The Morgan fingerprint density at radius 1 is 1.41 bits per heavy atom. The Balaban J connectivity index is 1.98. The van der Waals surface area contributed by atoms with Gasteiger partial charge in [-0.15, -0.1) is 11.3 Å². The zero-order valence-electron chi connectivity index (χ0n) is 9.21. The van der Waals surface area contributed by atoms with Crippen molar-refractivity contribution < 1.29 is 0 Å². The summed E-state index contributed by atoms with van der Waals surface area (Å²) in [6, 6.07) is 9.28. The third-order valence-corrected chi connectivity index (χ3v) is 2.90. The fourth-order valence-electron chi connectivity index (χ4n) is 1.21. The lowest BCUT2D eigenvalue weighted by atomic mass is 10.2. The zero-order chi connectivity index (χ0) is 12.1. The Morgan fingerprint density at radius 3 is 2.76 bits per heavy atom. The normalized spacial score (nSPS) is 10.4. The first kappa shape index (κ1) is 11.3. The third kappa shape index (κ3) is 3.13. The first-order valence-corrected chi connectivity index (χ1v) is 5.87. The van der Waals surface area contributed by atoms with Crippen LogP contribution in [-0.2, 0) is 0 Å². The number of thiazole rings is 1. The van der Waals surface area contributed by atoms with Crippen LogP contribution in [0.2, 0.25) is 0 Å². The Hall–Kier alpha value is -2.19. The number of nitrogens with zero attached hydrogens (tertiary/aromatic N) is 3. The number of nitriles is 1. The highest BCUT2D eigenvalue weighted by Crippen LogP contribution is 2.13. The molecule has 0 saturated carbocycles. The maximum Gasteiger partial charge on any atom is 0.203 e. The molecule has 0 spiro atoms. The fourth-order valence-corrected chi connectivity index (χ4v) is 1.85. The predicted molar refractivity (Wildman–Crippen MR) is 69.2 cm³/mol. The van der Waals surface area contributed by atoms with E-state index in [0.717, 1.165) is 16.4 Å². The van der Waals surface area contributed by atoms with Crippen molar-refractivity contribution in [3.05, 3.63) is 46.5 Å². The average molecular weight is 242 g/mol. The minimum Gasteiger partial charge on any atom is -0.253 e. The molecule has 2 aromatic rings. The smallest absolute Gasteiger partial charge is 0.203 e. The second-order valence-electron chi connectivity index (χ2n) is 3.40. The second-order valence-corrected chi connectivity index (χ2v) is 4.26. The molecule has 1 aromatic carbocycles. The molecule has 0 radical (unpaired) electrons. The molecule has 0 aliphatic carbocycles. The highest BCUT2D eigenvalue weighted by atomic mass is 32.1. The molecule has 2 rings (SSSR count). The van der Waals surface area contributed by atoms with Gasteiger partial charge in [0.05, 0.1) is 23.5 Å². The molecule has 0 amide bonds. The van der Waals surface area contributed by atoms with E-state index in [1.807, 2.05) is 24.4 Å². The molecular weight excluding hydrogens is 232 g/mol. The Kier molecular flexibility index (Phi) is 3.48. The van der Waals surface area contributed by atoms with Gasteiger partial charge in [0, 0.05) is 5.38 Å². The van der Waals surface area contributed by atoms with Crippen LogP contribution < -0.4 is 5.43 Å². The SMILES string of the molecule is Cc1csc(NN=Cc2ccc(C#N)cc2)n1. The number of rotatable bonds is 3. The van der Waals surface area contributed by atoms with Gasteiger partial charge in [-0.05, 0) is 24.6 Å². The van der Waals surface area contributed by atoms with Crippen LogP contribution in [0.1, 0.15) is 16.8 Å². The summed E-state index contributed by atoms with van der Waals surface area (Å²) in [7, 11) is 0. The van der Waals surface area contributed by atoms with E-state index in [-0.39, 0.29) is 0 Å². The number of aromatic nitrogens is 1. The molecule has 0 aliphatic rings. The molecule has 0 bridgehead atoms. The first-order chi connectivity index (χ1) is 8.28. The van der Waals surface area contributed by atoms with Gasteiger partial charge < -0.3 is 0 Å². The molecule has 4 nitrogen and oxygen atoms in total. The fraction of sp³-hybridized carbons (Fsp3) is 0.0833. The van der Waals surface area contributed by atoms with E-state index in [4.69, 9.17) is 5.26 Å². The topological polar surface area (TPSA) is 61.1 Å². The summed E-state index contributed by atoms with van der Waals surface area (Å²) in [6.07, 6.45) is 1.69. The number of nitrogens with one attached hydrogen (secondary N) is 1. The quantitative estimate of drug-likeness (QED) is 0.665. The summed E-state index contributed by atoms with van der Waals surface area (Å²) in [5, 5.41) is 15.5. The van der Waals surface area contributed by atoms with Gasteiger partial charge in [-0.2, -0.15) is 10.4 Å². The van der Waals surface area contributed by atoms with E-state index in [2.05, 4.69) is 21.6 Å². The Bertz CT molecular complexity index is 563. The summed E-state index contributed by atoms with van der Waals surface area (Å²) in [5.41, 5.74) is 5.41. The van der Waals surface area contributed by atoms with Crippen LogP contribution in [0.3, 0.4) is 0 Å². The monoisotopic (exact) mass is 242 g/mol. The molecule has 0 unspecified atom stereocenters. The number of aryl methyl sites for hydroxylation is 1. The number of anilines is 1. The minimum absolute atomic E-state index is 0.644.